The van der Waals surface area contributed by atoms with Crippen molar-refractivity contribution in [1.82, 2.24) is 9.88 Å². The molecule has 0 aliphatic carbocycles. The molecule has 1 aliphatic heterocycles. The molecular formula is C18H17F2N3O2S. The summed E-state index contributed by atoms with van der Waals surface area (Å²) in [6.07, 6.45) is 1.75. The van der Waals surface area contributed by atoms with Crippen LogP contribution in [0.2, 0.25) is 0 Å². The third-order valence-corrected chi connectivity index (χ3v) is 4.81. The van der Waals surface area contributed by atoms with Gasteiger partial charge in [0.05, 0.1) is 23.8 Å². The van der Waals surface area contributed by atoms with Crippen LogP contribution in [0, 0.1) is 5.92 Å². The van der Waals surface area contributed by atoms with Gasteiger partial charge in [0.15, 0.2) is 0 Å². The second-order valence-electron chi connectivity index (χ2n) is 5.86. The Balaban J connectivity index is 1.63. The number of carbonyl (C=O) groups excluding carboxylic acids is 2. The molecule has 1 atom stereocenters. The second kappa shape index (κ2) is 8.27. The van der Waals surface area contributed by atoms with Crippen LogP contribution in [0.4, 0.5) is 14.5 Å². The third kappa shape index (κ3) is 4.57. The zero-order chi connectivity index (χ0) is 18.5. The fourth-order valence-electron chi connectivity index (χ4n) is 2.79. The topological polar surface area (TPSA) is 62.3 Å². The van der Waals surface area contributed by atoms with Crippen molar-refractivity contribution in [2.45, 2.75) is 23.6 Å². The number of benzene rings is 1. The van der Waals surface area contributed by atoms with E-state index in [4.69, 9.17) is 0 Å². The van der Waals surface area contributed by atoms with E-state index in [1.54, 1.807) is 35.4 Å². The van der Waals surface area contributed by atoms with Crippen molar-refractivity contribution in [3.8, 4) is 0 Å². The molecule has 1 aliphatic rings. The van der Waals surface area contributed by atoms with Gasteiger partial charge in [0.25, 0.3) is 5.76 Å². The first-order valence-electron chi connectivity index (χ1n) is 8.05. The number of thioether (sulfide) groups is 1. The summed E-state index contributed by atoms with van der Waals surface area (Å²) in [6, 6.07) is 11.8. The first-order chi connectivity index (χ1) is 12.5. The van der Waals surface area contributed by atoms with Gasteiger partial charge in [-0.05, 0) is 24.3 Å². The van der Waals surface area contributed by atoms with Gasteiger partial charge in [0, 0.05) is 24.1 Å². The number of hydrogen-bond donors (Lipinski definition) is 1. The number of pyridine rings is 1. The number of likely N-dealkylation sites (tertiary alicyclic amines) is 1. The zero-order valence-corrected chi connectivity index (χ0v) is 14.6. The van der Waals surface area contributed by atoms with Crippen LogP contribution in [0.5, 0.6) is 0 Å². The molecule has 1 unspecified atom stereocenters. The van der Waals surface area contributed by atoms with Crippen LogP contribution in [-0.4, -0.2) is 34.0 Å². The number of hydrogen-bond acceptors (Lipinski definition) is 4. The van der Waals surface area contributed by atoms with Gasteiger partial charge in [0.2, 0.25) is 11.8 Å². The number of amides is 2. The Morgan fingerprint density at radius 1 is 1.27 bits per heavy atom. The molecule has 1 aromatic carbocycles. The third-order valence-electron chi connectivity index (χ3n) is 4.03. The predicted octanol–water partition coefficient (Wildman–Crippen LogP) is 3.38. The van der Waals surface area contributed by atoms with E-state index >= 15 is 0 Å². The maximum atomic E-state index is 12.6. The van der Waals surface area contributed by atoms with Crippen molar-refractivity contribution in [3.63, 3.8) is 0 Å². The monoisotopic (exact) mass is 377 g/mol. The van der Waals surface area contributed by atoms with Crippen molar-refractivity contribution >= 4 is 29.3 Å². The minimum Gasteiger partial charge on any atom is -0.336 e. The molecule has 2 aromatic rings. The Labute approximate surface area is 153 Å². The molecule has 0 spiro atoms. The Hall–Kier alpha value is -2.48. The Bertz CT molecular complexity index is 789. The molecular weight excluding hydrogens is 360 g/mol. The number of para-hydroxylation sites is 1. The fourth-order valence-corrected chi connectivity index (χ4v) is 3.39. The van der Waals surface area contributed by atoms with Gasteiger partial charge in [-0.2, -0.15) is 8.78 Å². The van der Waals surface area contributed by atoms with Gasteiger partial charge >= 0.3 is 0 Å². The lowest BCUT2D eigenvalue weighted by molar-refractivity contribution is -0.128. The highest BCUT2D eigenvalue weighted by molar-refractivity contribution is 7.99. The summed E-state index contributed by atoms with van der Waals surface area (Å²) < 4.78 is 25.3. The van der Waals surface area contributed by atoms with Crippen LogP contribution in [0.15, 0.2) is 53.6 Å². The minimum atomic E-state index is -2.57. The van der Waals surface area contributed by atoms with Crippen molar-refractivity contribution in [2.24, 2.45) is 5.92 Å². The standard InChI is InChI=1S/C18H17F2N3O2S/c19-18(20)26-15-7-2-1-6-14(15)22-17(25)12-9-16(24)23(10-12)11-13-5-3-4-8-21-13/h1-8,12,18H,9-11H2,(H,22,25). The number of anilines is 1. The van der Waals surface area contributed by atoms with Gasteiger partial charge in [-0.15, -0.1) is 0 Å². The Morgan fingerprint density at radius 3 is 2.77 bits per heavy atom. The lowest BCUT2D eigenvalue weighted by Crippen LogP contribution is -2.28. The van der Waals surface area contributed by atoms with E-state index in [1.165, 1.54) is 6.07 Å². The highest BCUT2D eigenvalue weighted by Crippen LogP contribution is 2.32. The number of nitrogens with one attached hydrogen (secondary N) is 1. The van der Waals surface area contributed by atoms with Crippen LogP contribution in [0.3, 0.4) is 0 Å². The lowest BCUT2D eigenvalue weighted by Gasteiger charge is -2.16. The van der Waals surface area contributed by atoms with E-state index < -0.39 is 11.7 Å². The van der Waals surface area contributed by atoms with Crippen LogP contribution < -0.4 is 5.32 Å². The normalized spacial score (nSPS) is 17.0. The number of carbonyl (C=O) groups is 2. The smallest absolute Gasteiger partial charge is 0.288 e. The number of nitrogens with zero attached hydrogens (tertiary/aromatic N) is 2. The summed E-state index contributed by atoms with van der Waals surface area (Å²) in [7, 11) is 0. The van der Waals surface area contributed by atoms with Crippen molar-refractivity contribution in [2.75, 3.05) is 11.9 Å². The summed E-state index contributed by atoms with van der Waals surface area (Å²) in [4.78, 5) is 30.7. The summed E-state index contributed by atoms with van der Waals surface area (Å²) in [5, 5.41) is 2.68. The van der Waals surface area contributed by atoms with E-state index in [-0.39, 0.29) is 24.8 Å². The summed E-state index contributed by atoms with van der Waals surface area (Å²) >= 11 is 0.379. The quantitative estimate of drug-likeness (QED) is 0.784. The second-order valence-corrected chi connectivity index (χ2v) is 6.89. The van der Waals surface area contributed by atoms with Crippen molar-refractivity contribution in [1.29, 1.82) is 0 Å². The summed E-state index contributed by atoms with van der Waals surface area (Å²) in [5.74, 6) is -3.55. The summed E-state index contributed by atoms with van der Waals surface area (Å²) in [6.45, 7) is 0.632. The van der Waals surface area contributed by atoms with Crippen LogP contribution >= 0.6 is 11.8 Å². The van der Waals surface area contributed by atoms with E-state index in [1.807, 2.05) is 12.1 Å². The predicted molar refractivity (Wildman–Crippen MR) is 94.7 cm³/mol. The number of aromatic nitrogens is 1. The molecule has 2 amide bonds. The minimum absolute atomic E-state index is 0.100. The van der Waals surface area contributed by atoms with E-state index in [0.717, 1.165) is 5.69 Å². The van der Waals surface area contributed by atoms with Crippen LogP contribution in [-0.2, 0) is 16.1 Å². The maximum Gasteiger partial charge on any atom is 0.288 e. The van der Waals surface area contributed by atoms with Crippen LogP contribution in [0.1, 0.15) is 12.1 Å². The number of halogens is 2. The largest absolute Gasteiger partial charge is 0.336 e. The molecule has 26 heavy (non-hydrogen) atoms. The fraction of sp³-hybridized carbons (Fsp3) is 0.278. The molecule has 136 valence electrons. The first kappa shape index (κ1) is 18.3. The van der Waals surface area contributed by atoms with E-state index in [9.17, 15) is 18.4 Å². The van der Waals surface area contributed by atoms with Gasteiger partial charge in [-0.25, -0.2) is 0 Å². The first-order valence-corrected chi connectivity index (χ1v) is 8.93. The maximum absolute atomic E-state index is 12.6. The highest BCUT2D eigenvalue weighted by atomic mass is 32.2. The molecule has 5 nitrogen and oxygen atoms in total. The zero-order valence-electron chi connectivity index (χ0n) is 13.8. The molecule has 0 radical (unpaired) electrons. The molecule has 2 heterocycles. The molecule has 8 heteroatoms. The molecule has 0 bridgehead atoms. The van der Waals surface area contributed by atoms with Gasteiger partial charge < -0.3 is 10.2 Å². The molecule has 1 aromatic heterocycles. The average Bonchev–Trinajstić information content (AvgIpc) is 2.98. The van der Waals surface area contributed by atoms with Gasteiger partial charge in [-0.3, -0.25) is 14.6 Å². The summed E-state index contributed by atoms with van der Waals surface area (Å²) in [5.41, 5.74) is 1.08. The number of rotatable bonds is 6. The molecule has 3 rings (SSSR count). The Kier molecular flexibility index (Phi) is 5.82. The van der Waals surface area contributed by atoms with E-state index in [2.05, 4.69) is 10.3 Å². The SMILES string of the molecule is O=C(Nc1ccccc1SC(F)F)C1CC(=O)N(Cc2ccccn2)C1. The molecule has 1 fully saturated rings. The van der Waals surface area contributed by atoms with Gasteiger partial charge in [0.1, 0.15) is 0 Å². The average molecular weight is 377 g/mol. The van der Waals surface area contributed by atoms with Gasteiger partial charge in [-0.1, -0.05) is 30.0 Å². The van der Waals surface area contributed by atoms with E-state index in [0.29, 0.717) is 28.9 Å². The Morgan fingerprint density at radius 2 is 2.04 bits per heavy atom. The van der Waals surface area contributed by atoms with Crippen LogP contribution in [0.25, 0.3) is 0 Å². The van der Waals surface area contributed by atoms with Crippen molar-refractivity contribution < 1.29 is 18.4 Å². The lowest BCUT2D eigenvalue weighted by atomic mass is 10.1. The molecule has 1 N–H and O–H groups in total. The number of alkyl halides is 2. The highest BCUT2D eigenvalue weighted by Gasteiger charge is 2.34. The van der Waals surface area contributed by atoms with Crippen molar-refractivity contribution in [3.05, 3.63) is 54.4 Å². The molecule has 1 saturated heterocycles. The molecule has 0 saturated carbocycles.